The maximum absolute atomic E-state index is 13.9. The summed E-state index contributed by atoms with van der Waals surface area (Å²) in [5, 5.41) is 13.5. The van der Waals surface area contributed by atoms with Gasteiger partial charge in [-0.25, -0.2) is 0 Å². The van der Waals surface area contributed by atoms with Crippen LogP contribution in [0.5, 0.6) is 0 Å². The molecule has 10 heteroatoms. The van der Waals surface area contributed by atoms with Gasteiger partial charge in [0.2, 0.25) is 11.8 Å². The monoisotopic (exact) mass is 556 g/mol. The first-order chi connectivity index (χ1) is 16.2. The maximum atomic E-state index is 13.9. The minimum Gasteiger partial charge on any atom is -0.466 e. The number of nitrogens with zero attached hydrogens (tertiary/aromatic N) is 1. The van der Waals surface area contributed by atoms with Crippen molar-refractivity contribution in [2.75, 3.05) is 18.5 Å². The van der Waals surface area contributed by atoms with Crippen molar-refractivity contribution in [2.24, 2.45) is 17.8 Å². The van der Waals surface area contributed by atoms with Crippen LogP contribution in [-0.2, 0) is 23.9 Å². The van der Waals surface area contributed by atoms with Crippen molar-refractivity contribution in [3.8, 4) is 0 Å². The van der Waals surface area contributed by atoms with Crippen molar-refractivity contribution in [1.82, 2.24) is 4.90 Å². The molecule has 3 aliphatic rings. The number of alkyl halides is 1. The number of rotatable bonds is 8. The fourth-order valence-corrected chi connectivity index (χ4v) is 6.98. The van der Waals surface area contributed by atoms with E-state index in [1.165, 1.54) is 4.90 Å². The summed E-state index contributed by atoms with van der Waals surface area (Å²) < 4.78 is 11.7. The van der Waals surface area contributed by atoms with Crippen molar-refractivity contribution in [3.05, 3.63) is 29.3 Å². The molecule has 0 radical (unpaired) electrons. The molecule has 1 aromatic carbocycles. The lowest BCUT2D eigenvalue weighted by Crippen LogP contribution is -2.56. The first-order valence-corrected chi connectivity index (χ1v) is 12.9. The number of aliphatic hydroxyl groups is 1. The largest absolute Gasteiger partial charge is 0.466 e. The number of likely N-dealkylation sites (tertiary alicyclic amines) is 1. The maximum Gasteiger partial charge on any atom is 0.312 e. The summed E-state index contributed by atoms with van der Waals surface area (Å²) in [6.07, 6.45) is 0.288. The average molecular weight is 558 g/mol. The summed E-state index contributed by atoms with van der Waals surface area (Å²) in [6.45, 7) is 5.54. The number of nitrogens with one attached hydrogen (secondary N) is 1. The average Bonchev–Trinajstić information content (AvgIpc) is 3.37. The van der Waals surface area contributed by atoms with Crippen molar-refractivity contribution in [2.45, 2.75) is 62.2 Å². The number of amides is 2. The molecule has 1 spiro atoms. The summed E-state index contributed by atoms with van der Waals surface area (Å²) in [7, 11) is 0. The summed E-state index contributed by atoms with van der Waals surface area (Å²) >= 11 is 9.89. The molecule has 2 bridgehead atoms. The number of halogens is 2. The molecular formula is C24H30BrClN2O6. The standard InChI is InChI=1S/C24H30BrClN2O6/c1-4-33-23(32)17-18-22(31)28(13(11-29)9-12(2)3)20(24(18)10-14(25)19(17)34-24)21(30)27-16-8-6-5-7-15(16)26/h5-8,12-14,17-20,29H,4,9-11H2,1-3H3,(H,27,30)/t13-,14?,17-,18+,19-,20?,24?/m1/s1. The molecule has 1 aromatic rings. The predicted octanol–water partition coefficient (Wildman–Crippen LogP) is 3.00. The van der Waals surface area contributed by atoms with E-state index in [-0.39, 0.29) is 29.9 Å². The van der Waals surface area contributed by atoms with E-state index in [9.17, 15) is 19.5 Å². The molecule has 3 unspecified atom stereocenters. The Bertz CT molecular complexity index is 977. The summed E-state index contributed by atoms with van der Waals surface area (Å²) in [5.74, 6) is -2.86. The number of benzene rings is 1. The topological polar surface area (TPSA) is 105 Å². The quantitative estimate of drug-likeness (QED) is 0.376. The Morgan fingerprint density at radius 1 is 1.38 bits per heavy atom. The molecule has 7 atom stereocenters. The van der Waals surface area contributed by atoms with Crippen LogP contribution in [0.3, 0.4) is 0 Å². The molecule has 3 aliphatic heterocycles. The first kappa shape index (κ1) is 25.4. The Morgan fingerprint density at radius 2 is 2.09 bits per heavy atom. The Labute approximate surface area is 212 Å². The molecule has 186 valence electrons. The van der Waals surface area contributed by atoms with Gasteiger partial charge in [-0.05, 0) is 37.8 Å². The number of carbonyl (C=O) groups is 3. The number of carbonyl (C=O) groups excluding carboxylic acids is 3. The molecule has 3 heterocycles. The highest BCUT2D eigenvalue weighted by atomic mass is 79.9. The van der Waals surface area contributed by atoms with Crippen LogP contribution in [0.2, 0.25) is 5.02 Å². The van der Waals surface area contributed by atoms with E-state index in [0.29, 0.717) is 23.6 Å². The van der Waals surface area contributed by atoms with Crippen molar-refractivity contribution >= 4 is 51.0 Å². The van der Waals surface area contributed by atoms with Crippen LogP contribution in [0.25, 0.3) is 0 Å². The Hall–Kier alpha value is -1.68. The van der Waals surface area contributed by atoms with Crippen LogP contribution in [0, 0.1) is 17.8 Å². The predicted molar refractivity (Wildman–Crippen MR) is 130 cm³/mol. The van der Waals surface area contributed by atoms with Gasteiger partial charge in [0.05, 0.1) is 47.9 Å². The smallest absolute Gasteiger partial charge is 0.312 e. The second-order valence-electron chi connectivity index (χ2n) is 9.60. The van der Waals surface area contributed by atoms with E-state index in [4.69, 9.17) is 21.1 Å². The Balaban J connectivity index is 1.78. The molecule has 4 rings (SSSR count). The minimum atomic E-state index is -1.22. The first-order valence-electron chi connectivity index (χ1n) is 11.6. The lowest BCUT2D eigenvalue weighted by Gasteiger charge is -2.37. The van der Waals surface area contributed by atoms with Gasteiger partial charge in [-0.15, -0.1) is 0 Å². The van der Waals surface area contributed by atoms with Gasteiger partial charge in [0.25, 0.3) is 0 Å². The van der Waals surface area contributed by atoms with Crippen LogP contribution in [0.15, 0.2) is 24.3 Å². The zero-order valence-electron chi connectivity index (χ0n) is 19.4. The van der Waals surface area contributed by atoms with Gasteiger partial charge in [-0.1, -0.05) is 53.5 Å². The van der Waals surface area contributed by atoms with E-state index in [2.05, 4.69) is 21.2 Å². The Kier molecular flexibility index (Phi) is 7.29. The zero-order valence-corrected chi connectivity index (χ0v) is 21.7. The number of hydrogen-bond donors (Lipinski definition) is 2. The van der Waals surface area contributed by atoms with E-state index in [1.54, 1.807) is 31.2 Å². The van der Waals surface area contributed by atoms with Crippen LogP contribution < -0.4 is 5.32 Å². The molecular weight excluding hydrogens is 528 g/mol. The van der Waals surface area contributed by atoms with Crippen molar-refractivity contribution < 1.29 is 29.0 Å². The second-order valence-corrected chi connectivity index (χ2v) is 11.2. The highest BCUT2D eigenvalue weighted by Crippen LogP contribution is 2.60. The minimum absolute atomic E-state index is 0.164. The lowest BCUT2D eigenvalue weighted by molar-refractivity contribution is -0.155. The van der Waals surface area contributed by atoms with Gasteiger partial charge >= 0.3 is 5.97 Å². The lowest BCUT2D eigenvalue weighted by atomic mass is 9.70. The van der Waals surface area contributed by atoms with Crippen LogP contribution in [0.1, 0.15) is 33.6 Å². The normalized spacial score (nSPS) is 32.7. The van der Waals surface area contributed by atoms with E-state index in [1.807, 2.05) is 13.8 Å². The fraction of sp³-hybridized carbons (Fsp3) is 0.625. The van der Waals surface area contributed by atoms with Crippen molar-refractivity contribution in [3.63, 3.8) is 0 Å². The number of aliphatic hydroxyl groups excluding tert-OH is 1. The van der Waals surface area contributed by atoms with Crippen LogP contribution in [-0.4, -0.2) is 69.6 Å². The van der Waals surface area contributed by atoms with Crippen LogP contribution >= 0.6 is 27.5 Å². The number of para-hydroxylation sites is 1. The molecule has 2 amide bonds. The summed E-state index contributed by atoms with van der Waals surface area (Å²) in [6, 6.07) is 5.20. The molecule has 0 aliphatic carbocycles. The van der Waals surface area contributed by atoms with Gasteiger partial charge in [-0.2, -0.15) is 0 Å². The number of esters is 1. The van der Waals surface area contributed by atoms with Gasteiger partial charge in [-0.3, -0.25) is 14.4 Å². The molecule has 34 heavy (non-hydrogen) atoms. The molecule has 3 fully saturated rings. The molecule has 0 aromatic heterocycles. The molecule has 8 nitrogen and oxygen atoms in total. The number of ether oxygens (including phenoxy) is 2. The highest BCUT2D eigenvalue weighted by Gasteiger charge is 2.77. The number of fused-ring (bicyclic) bond motifs is 1. The number of hydrogen-bond acceptors (Lipinski definition) is 6. The Morgan fingerprint density at radius 3 is 2.71 bits per heavy atom. The molecule has 3 saturated heterocycles. The second kappa shape index (κ2) is 9.76. The zero-order chi connectivity index (χ0) is 24.8. The molecule has 2 N–H and O–H groups in total. The van der Waals surface area contributed by atoms with Gasteiger partial charge in [0.15, 0.2) is 0 Å². The van der Waals surface area contributed by atoms with Crippen LogP contribution in [0.4, 0.5) is 5.69 Å². The van der Waals surface area contributed by atoms with Crippen molar-refractivity contribution in [1.29, 1.82) is 0 Å². The third-order valence-corrected chi connectivity index (χ3v) is 8.19. The molecule has 0 saturated carbocycles. The van der Waals surface area contributed by atoms with E-state index >= 15 is 0 Å². The summed E-state index contributed by atoms with van der Waals surface area (Å²) in [5.41, 5.74) is -0.806. The summed E-state index contributed by atoms with van der Waals surface area (Å²) in [4.78, 5) is 41.9. The third-order valence-electron chi connectivity index (χ3n) is 7.01. The van der Waals surface area contributed by atoms with Gasteiger partial charge < -0.3 is 24.8 Å². The van der Waals surface area contributed by atoms with Gasteiger partial charge in [0, 0.05) is 4.83 Å². The number of anilines is 1. The van der Waals surface area contributed by atoms with E-state index in [0.717, 1.165) is 0 Å². The van der Waals surface area contributed by atoms with Gasteiger partial charge in [0.1, 0.15) is 11.6 Å². The SMILES string of the molecule is CCOC(=O)[C@H]1[C@@H]2OC3(CC2Br)C(C(=O)Nc2ccccc2Cl)N([C@@H](CO)CC(C)C)C(=O)[C@H]13. The highest BCUT2D eigenvalue weighted by molar-refractivity contribution is 9.09. The third kappa shape index (κ3) is 4.04. The fourth-order valence-electron chi connectivity index (χ4n) is 5.85. The van der Waals surface area contributed by atoms with E-state index < -0.39 is 47.5 Å².